The molecule has 1 aliphatic rings. The van der Waals surface area contributed by atoms with E-state index in [1.165, 1.54) is 12.1 Å². The van der Waals surface area contributed by atoms with Crippen LogP contribution in [0, 0.1) is 0 Å². The van der Waals surface area contributed by atoms with Crippen LogP contribution in [-0.2, 0) is 10.0 Å². The summed E-state index contributed by atoms with van der Waals surface area (Å²) in [5, 5.41) is 8.85. The molecule has 0 saturated carbocycles. The number of rotatable bonds is 4. The normalized spacial score (nSPS) is 17.2. The zero-order chi connectivity index (χ0) is 15.0. The minimum absolute atomic E-state index is 0.0153. The summed E-state index contributed by atoms with van der Waals surface area (Å²) in [5.41, 5.74) is 0.774. The number of carboxylic acid groups (broad SMARTS) is 1. The summed E-state index contributed by atoms with van der Waals surface area (Å²) < 4.78 is 32.5. The first-order valence-corrected chi connectivity index (χ1v) is 8.34. The number of hydrogen-bond acceptors (Lipinski definition) is 5. The number of sulfonamides is 1. The second-order valence-corrected chi connectivity index (χ2v) is 7.47. The van der Waals surface area contributed by atoms with Crippen LogP contribution in [0.15, 0.2) is 40.6 Å². The minimum Gasteiger partial charge on any atom is -0.491 e. The Morgan fingerprint density at radius 2 is 2.05 bits per heavy atom. The molecule has 2 aromatic rings. The van der Waals surface area contributed by atoms with Gasteiger partial charge in [0.05, 0.1) is 6.04 Å². The van der Waals surface area contributed by atoms with E-state index in [9.17, 15) is 13.2 Å². The molecule has 0 fully saturated rings. The van der Waals surface area contributed by atoms with E-state index in [0.29, 0.717) is 5.75 Å². The quantitative estimate of drug-likeness (QED) is 0.895. The van der Waals surface area contributed by atoms with E-state index in [4.69, 9.17) is 9.84 Å². The summed E-state index contributed by atoms with van der Waals surface area (Å²) >= 11 is 0.722. The number of carboxylic acids is 1. The van der Waals surface area contributed by atoms with Crippen LogP contribution in [0.5, 0.6) is 5.75 Å². The number of aromatic carboxylic acids is 1. The van der Waals surface area contributed by atoms with Crippen molar-refractivity contribution in [3.05, 3.63) is 46.8 Å². The third kappa shape index (κ3) is 2.65. The molecule has 1 unspecified atom stereocenters. The monoisotopic (exact) mass is 325 g/mol. The minimum atomic E-state index is -3.77. The predicted molar refractivity (Wildman–Crippen MR) is 76.3 cm³/mol. The highest BCUT2D eigenvalue weighted by molar-refractivity contribution is 7.91. The van der Waals surface area contributed by atoms with Gasteiger partial charge in [0, 0.05) is 5.56 Å². The average Bonchev–Trinajstić information content (AvgIpc) is 3.06. The van der Waals surface area contributed by atoms with Gasteiger partial charge in [-0.05, 0) is 18.2 Å². The van der Waals surface area contributed by atoms with E-state index in [1.807, 2.05) is 12.1 Å². The van der Waals surface area contributed by atoms with E-state index < -0.39 is 22.0 Å². The molecule has 0 bridgehead atoms. The average molecular weight is 325 g/mol. The van der Waals surface area contributed by atoms with Crippen molar-refractivity contribution in [2.45, 2.75) is 10.3 Å². The highest BCUT2D eigenvalue weighted by Crippen LogP contribution is 2.33. The molecule has 2 N–H and O–H groups in total. The highest BCUT2D eigenvalue weighted by Gasteiger charge is 2.29. The summed E-state index contributed by atoms with van der Waals surface area (Å²) in [6.45, 7) is 0.218. The molecule has 0 aliphatic carbocycles. The lowest BCUT2D eigenvalue weighted by Gasteiger charge is -2.10. The maximum Gasteiger partial charge on any atom is 0.345 e. The number of thiophene rings is 1. The largest absolute Gasteiger partial charge is 0.491 e. The van der Waals surface area contributed by atoms with Gasteiger partial charge in [-0.15, -0.1) is 11.3 Å². The van der Waals surface area contributed by atoms with Crippen molar-refractivity contribution in [2.24, 2.45) is 0 Å². The zero-order valence-electron chi connectivity index (χ0n) is 10.6. The van der Waals surface area contributed by atoms with Gasteiger partial charge < -0.3 is 9.84 Å². The van der Waals surface area contributed by atoms with Crippen LogP contribution in [0.1, 0.15) is 21.3 Å². The fourth-order valence-electron chi connectivity index (χ4n) is 2.09. The van der Waals surface area contributed by atoms with Crippen LogP contribution >= 0.6 is 11.3 Å². The number of fused-ring (bicyclic) bond motifs is 1. The molecular weight excluding hydrogens is 314 g/mol. The first-order chi connectivity index (χ1) is 9.97. The maximum atomic E-state index is 12.3. The van der Waals surface area contributed by atoms with Gasteiger partial charge in [0.1, 0.15) is 21.4 Å². The van der Waals surface area contributed by atoms with Gasteiger partial charge in [0.15, 0.2) is 0 Å². The third-order valence-electron chi connectivity index (χ3n) is 3.05. The molecule has 8 heteroatoms. The van der Waals surface area contributed by atoms with Crippen LogP contribution in [0.2, 0.25) is 0 Å². The molecule has 1 aromatic carbocycles. The van der Waals surface area contributed by atoms with Gasteiger partial charge in [0.25, 0.3) is 10.0 Å². The van der Waals surface area contributed by atoms with Gasteiger partial charge in [-0.2, -0.15) is 4.72 Å². The number of carbonyl (C=O) groups is 1. The van der Waals surface area contributed by atoms with Gasteiger partial charge in [0.2, 0.25) is 0 Å². The van der Waals surface area contributed by atoms with Gasteiger partial charge in [-0.25, -0.2) is 13.2 Å². The zero-order valence-corrected chi connectivity index (χ0v) is 12.3. The summed E-state index contributed by atoms with van der Waals surface area (Å²) in [6.07, 6.45) is 0. The Morgan fingerprint density at radius 1 is 1.29 bits per heavy atom. The number of ether oxygens (including phenoxy) is 1. The van der Waals surface area contributed by atoms with Gasteiger partial charge in [-0.3, -0.25) is 0 Å². The van der Waals surface area contributed by atoms with E-state index >= 15 is 0 Å². The molecule has 1 aromatic heterocycles. The summed E-state index contributed by atoms with van der Waals surface area (Å²) in [6, 6.07) is 9.29. The number of nitrogens with one attached hydrogen (secondary N) is 1. The first kappa shape index (κ1) is 14.1. The van der Waals surface area contributed by atoms with E-state index in [-0.39, 0.29) is 15.7 Å². The Hall–Kier alpha value is -1.90. The SMILES string of the molecule is O=C(O)c1ccc(S(=O)(=O)NC2COc3ccccc32)s1. The lowest BCUT2D eigenvalue weighted by molar-refractivity contribution is 0.0702. The van der Waals surface area contributed by atoms with Crippen molar-refractivity contribution in [2.75, 3.05) is 6.61 Å². The van der Waals surface area contributed by atoms with Crippen molar-refractivity contribution in [3.8, 4) is 5.75 Å². The van der Waals surface area contributed by atoms with E-state index in [1.54, 1.807) is 12.1 Å². The Morgan fingerprint density at radius 3 is 2.76 bits per heavy atom. The fourth-order valence-corrected chi connectivity index (χ4v) is 4.45. The topological polar surface area (TPSA) is 92.7 Å². The van der Waals surface area contributed by atoms with Crippen molar-refractivity contribution in [1.29, 1.82) is 0 Å². The molecule has 21 heavy (non-hydrogen) atoms. The van der Waals surface area contributed by atoms with Crippen LogP contribution in [0.25, 0.3) is 0 Å². The van der Waals surface area contributed by atoms with E-state index in [2.05, 4.69) is 4.72 Å². The second-order valence-electron chi connectivity index (χ2n) is 4.45. The van der Waals surface area contributed by atoms with Crippen LogP contribution in [0.3, 0.4) is 0 Å². The first-order valence-electron chi connectivity index (χ1n) is 6.04. The Bertz CT molecular complexity index is 796. The van der Waals surface area contributed by atoms with Crippen molar-refractivity contribution < 1.29 is 23.1 Å². The molecule has 6 nitrogen and oxygen atoms in total. The highest BCUT2D eigenvalue weighted by atomic mass is 32.2. The number of para-hydroxylation sites is 1. The molecular formula is C13H11NO5S2. The van der Waals surface area contributed by atoms with E-state index in [0.717, 1.165) is 16.9 Å². The molecule has 1 atom stereocenters. The standard InChI is InChI=1S/C13H11NO5S2/c15-13(16)11-5-6-12(20-11)21(17,18)14-9-7-19-10-4-2-1-3-8(9)10/h1-6,9,14H,7H2,(H,15,16). The molecule has 0 saturated heterocycles. The van der Waals surface area contributed by atoms with Crippen LogP contribution in [-0.4, -0.2) is 26.1 Å². The third-order valence-corrected chi connectivity index (χ3v) is 6.09. The molecule has 2 heterocycles. The molecule has 0 spiro atoms. The molecule has 0 amide bonds. The van der Waals surface area contributed by atoms with Crippen molar-refractivity contribution >= 4 is 27.3 Å². The number of hydrogen-bond donors (Lipinski definition) is 2. The van der Waals surface area contributed by atoms with Crippen molar-refractivity contribution in [1.82, 2.24) is 4.72 Å². The fraction of sp³-hybridized carbons (Fsp3) is 0.154. The lowest BCUT2D eigenvalue weighted by atomic mass is 10.1. The van der Waals surface area contributed by atoms with Gasteiger partial charge in [-0.1, -0.05) is 18.2 Å². The lowest BCUT2D eigenvalue weighted by Crippen LogP contribution is -2.29. The van der Waals surface area contributed by atoms with Gasteiger partial charge >= 0.3 is 5.97 Å². The number of benzene rings is 1. The van der Waals surface area contributed by atoms with Crippen LogP contribution in [0.4, 0.5) is 0 Å². The molecule has 110 valence electrons. The molecule has 1 aliphatic heterocycles. The maximum absolute atomic E-state index is 12.3. The summed E-state index contributed by atoms with van der Waals surface area (Å²) in [4.78, 5) is 10.8. The summed E-state index contributed by atoms with van der Waals surface area (Å²) in [7, 11) is -3.77. The summed E-state index contributed by atoms with van der Waals surface area (Å²) in [5.74, 6) is -0.487. The van der Waals surface area contributed by atoms with Crippen LogP contribution < -0.4 is 9.46 Å². The Balaban J connectivity index is 1.85. The predicted octanol–water partition coefficient (Wildman–Crippen LogP) is 1.86. The Kier molecular flexibility index (Phi) is 3.44. The molecule has 0 radical (unpaired) electrons. The molecule has 3 rings (SSSR count). The second kappa shape index (κ2) is 5.14. The van der Waals surface area contributed by atoms with Crippen molar-refractivity contribution in [3.63, 3.8) is 0 Å². The Labute approximate surface area is 125 Å². The smallest absolute Gasteiger partial charge is 0.345 e.